The maximum Gasteiger partial charge on any atom is 0.257 e. The second-order valence-corrected chi connectivity index (χ2v) is 4.63. The molecule has 0 unspecified atom stereocenters. The van der Waals surface area contributed by atoms with E-state index < -0.39 is 24.7 Å². The standard InChI is InChI=1S/C11H10BrClF3NO/c12-4-5-17(6-9(14)15)11(18)7-2-1-3-8(13)10(7)16/h1-3,9H,4-6H2. The zero-order valence-electron chi connectivity index (χ0n) is 9.18. The second kappa shape index (κ2) is 6.99. The van der Waals surface area contributed by atoms with Gasteiger partial charge in [0.1, 0.15) is 0 Å². The van der Waals surface area contributed by atoms with Crippen molar-refractivity contribution >= 4 is 33.4 Å². The third kappa shape index (κ3) is 3.88. The molecule has 1 aromatic rings. The van der Waals surface area contributed by atoms with Crippen molar-refractivity contribution in [1.82, 2.24) is 4.90 Å². The van der Waals surface area contributed by atoms with E-state index in [1.807, 2.05) is 0 Å². The summed E-state index contributed by atoms with van der Waals surface area (Å²) in [6.07, 6.45) is -2.67. The van der Waals surface area contributed by atoms with Crippen LogP contribution < -0.4 is 0 Å². The van der Waals surface area contributed by atoms with Crippen LogP contribution >= 0.6 is 27.5 Å². The number of nitrogens with zero attached hydrogens (tertiary/aromatic N) is 1. The van der Waals surface area contributed by atoms with Gasteiger partial charge < -0.3 is 4.90 Å². The Morgan fingerprint density at radius 3 is 2.67 bits per heavy atom. The molecule has 0 spiro atoms. The number of hydrogen-bond donors (Lipinski definition) is 0. The molecule has 0 aliphatic rings. The smallest absolute Gasteiger partial charge is 0.257 e. The molecule has 2 nitrogen and oxygen atoms in total. The van der Waals surface area contributed by atoms with Gasteiger partial charge in [-0.1, -0.05) is 33.6 Å². The average molecular weight is 345 g/mol. The summed E-state index contributed by atoms with van der Waals surface area (Å²) >= 11 is 8.60. The van der Waals surface area contributed by atoms with Crippen molar-refractivity contribution in [2.24, 2.45) is 0 Å². The van der Waals surface area contributed by atoms with Gasteiger partial charge in [-0.25, -0.2) is 13.2 Å². The van der Waals surface area contributed by atoms with E-state index in [1.54, 1.807) is 0 Å². The lowest BCUT2D eigenvalue weighted by Gasteiger charge is -2.21. The van der Waals surface area contributed by atoms with Gasteiger partial charge >= 0.3 is 0 Å². The molecule has 100 valence electrons. The van der Waals surface area contributed by atoms with E-state index in [2.05, 4.69) is 15.9 Å². The number of halogens is 5. The third-order valence-corrected chi connectivity index (χ3v) is 2.83. The molecule has 18 heavy (non-hydrogen) atoms. The van der Waals surface area contributed by atoms with Gasteiger partial charge in [-0.15, -0.1) is 0 Å². The van der Waals surface area contributed by atoms with Crippen molar-refractivity contribution < 1.29 is 18.0 Å². The molecule has 7 heteroatoms. The summed E-state index contributed by atoms with van der Waals surface area (Å²) in [4.78, 5) is 12.8. The molecule has 0 atom stereocenters. The molecule has 0 bridgehead atoms. The zero-order chi connectivity index (χ0) is 13.7. The Morgan fingerprint density at radius 2 is 2.11 bits per heavy atom. The largest absolute Gasteiger partial charge is 0.332 e. The first kappa shape index (κ1) is 15.3. The van der Waals surface area contributed by atoms with Crippen LogP contribution in [-0.2, 0) is 0 Å². The number of rotatable bonds is 5. The first-order valence-electron chi connectivity index (χ1n) is 5.04. The third-order valence-electron chi connectivity index (χ3n) is 2.18. The lowest BCUT2D eigenvalue weighted by Crippen LogP contribution is -2.37. The van der Waals surface area contributed by atoms with E-state index in [-0.39, 0.29) is 17.1 Å². The van der Waals surface area contributed by atoms with E-state index in [0.29, 0.717) is 5.33 Å². The van der Waals surface area contributed by atoms with Gasteiger partial charge in [0.25, 0.3) is 12.3 Å². The number of carbonyl (C=O) groups is 1. The number of amides is 1. The predicted octanol–water partition coefficient (Wildman–Crippen LogP) is 3.58. The fourth-order valence-electron chi connectivity index (χ4n) is 1.38. The van der Waals surface area contributed by atoms with Crippen LogP contribution in [0.25, 0.3) is 0 Å². The molecule has 1 aromatic carbocycles. The van der Waals surface area contributed by atoms with Crippen LogP contribution in [0.2, 0.25) is 5.02 Å². The highest BCUT2D eigenvalue weighted by atomic mass is 79.9. The van der Waals surface area contributed by atoms with Crippen molar-refractivity contribution in [2.75, 3.05) is 18.4 Å². The predicted molar refractivity (Wildman–Crippen MR) is 67.1 cm³/mol. The second-order valence-electron chi connectivity index (χ2n) is 3.43. The van der Waals surface area contributed by atoms with Crippen molar-refractivity contribution in [1.29, 1.82) is 0 Å². The Bertz CT molecular complexity index is 431. The maximum absolute atomic E-state index is 13.6. The summed E-state index contributed by atoms with van der Waals surface area (Å²) in [5.74, 6) is -1.69. The summed E-state index contributed by atoms with van der Waals surface area (Å²) in [6.45, 7) is -0.675. The molecule has 0 saturated heterocycles. The minimum absolute atomic E-state index is 0.0646. The normalized spacial score (nSPS) is 10.8. The molecule has 0 aliphatic heterocycles. The zero-order valence-corrected chi connectivity index (χ0v) is 11.5. The van der Waals surface area contributed by atoms with E-state index in [9.17, 15) is 18.0 Å². The number of alkyl halides is 3. The van der Waals surface area contributed by atoms with Crippen LogP contribution in [0.15, 0.2) is 18.2 Å². The van der Waals surface area contributed by atoms with Crippen molar-refractivity contribution in [3.8, 4) is 0 Å². The number of carbonyl (C=O) groups excluding carboxylic acids is 1. The van der Waals surface area contributed by atoms with Gasteiger partial charge in [0.2, 0.25) is 0 Å². The Kier molecular flexibility index (Phi) is 5.95. The van der Waals surface area contributed by atoms with Gasteiger partial charge in [0, 0.05) is 11.9 Å². The van der Waals surface area contributed by atoms with Gasteiger partial charge in [-0.05, 0) is 12.1 Å². The van der Waals surface area contributed by atoms with E-state index in [4.69, 9.17) is 11.6 Å². The fourth-order valence-corrected chi connectivity index (χ4v) is 1.99. The van der Waals surface area contributed by atoms with Crippen molar-refractivity contribution in [3.63, 3.8) is 0 Å². The summed E-state index contributed by atoms with van der Waals surface area (Å²) in [5, 5.41) is 0.116. The highest BCUT2D eigenvalue weighted by Gasteiger charge is 2.22. The highest BCUT2D eigenvalue weighted by Crippen LogP contribution is 2.19. The maximum atomic E-state index is 13.6. The molecule has 0 radical (unpaired) electrons. The first-order chi connectivity index (χ1) is 8.47. The first-order valence-corrected chi connectivity index (χ1v) is 6.54. The Balaban J connectivity index is 2.98. The molecular weight excluding hydrogens is 334 g/mol. The van der Waals surface area contributed by atoms with E-state index in [0.717, 1.165) is 4.90 Å². The minimum atomic E-state index is -2.67. The van der Waals surface area contributed by atoms with E-state index >= 15 is 0 Å². The quantitative estimate of drug-likeness (QED) is 0.748. The SMILES string of the molecule is O=C(c1cccc(Cl)c1F)N(CCBr)CC(F)F. The number of benzene rings is 1. The Labute approximate surface area is 116 Å². The van der Waals surface area contributed by atoms with Crippen LogP contribution in [0.5, 0.6) is 0 Å². The molecule has 0 fully saturated rings. The monoisotopic (exact) mass is 343 g/mol. The van der Waals surface area contributed by atoms with Crippen molar-refractivity contribution in [2.45, 2.75) is 6.43 Å². The average Bonchev–Trinajstić information content (AvgIpc) is 2.31. The minimum Gasteiger partial charge on any atom is -0.332 e. The van der Waals surface area contributed by atoms with Crippen LogP contribution in [-0.4, -0.2) is 35.7 Å². The molecule has 0 aromatic heterocycles. The summed E-state index contributed by atoms with van der Waals surface area (Å²) < 4.78 is 38.3. The molecule has 1 rings (SSSR count). The lowest BCUT2D eigenvalue weighted by molar-refractivity contribution is 0.0568. The van der Waals surface area contributed by atoms with Gasteiger partial charge in [0.15, 0.2) is 5.82 Å². The highest BCUT2D eigenvalue weighted by molar-refractivity contribution is 9.09. The molecule has 1 amide bonds. The van der Waals surface area contributed by atoms with Gasteiger partial charge in [0.05, 0.1) is 17.1 Å². The summed E-state index contributed by atoms with van der Waals surface area (Å²) in [5.41, 5.74) is -0.302. The summed E-state index contributed by atoms with van der Waals surface area (Å²) in [7, 11) is 0. The fraction of sp³-hybridized carbons (Fsp3) is 0.364. The Morgan fingerprint density at radius 1 is 1.44 bits per heavy atom. The van der Waals surface area contributed by atoms with Crippen LogP contribution in [0.4, 0.5) is 13.2 Å². The van der Waals surface area contributed by atoms with Gasteiger partial charge in [-0.2, -0.15) is 0 Å². The van der Waals surface area contributed by atoms with Crippen LogP contribution in [0.1, 0.15) is 10.4 Å². The summed E-state index contributed by atoms with van der Waals surface area (Å²) in [6, 6.07) is 3.90. The Hall–Kier alpha value is -0.750. The van der Waals surface area contributed by atoms with E-state index in [1.165, 1.54) is 18.2 Å². The molecule has 0 saturated carbocycles. The van der Waals surface area contributed by atoms with Crippen molar-refractivity contribution in [3.05, 3.63) is 34.6 Å². The molecular formula is C11H10BrClF3NO. The topological polar surface area (TPSA) is 20.3 Å². The lowest BCUT2D eigenvalue weighted by atomic mass is 10.2. The molecule has 0 heterocycles. The molecule has 0 N–H and O–H groups in total. The molecule has 0 aliphatic carbocycles. The number of hydrogen-bond acceptors (Lipinski definition) is 1. The van der Waals surface area contributed by atoms with Crippen LogP contribution in [0.3, 0.4) is 0 Å². The van der Waals surface area contributed by atoms with Crippen LogP contribution in [0, 0.1) is 5.82 Å². The van der Waals surface area contributed by atoms with Gasteiger partial charge in [-0.3, -0.25) is 4.79 Å².